The van der Waals surface area contributed by atoms with Gasteiger partial charge >= 0.3 is 0 Å². The van der Waals surface area contributed by atoms with Crippen LogP contribution < -0.4 is 4.74 Å². The summed E-state index contributed by atoms with van der Waals surface area (Å²) in [6.07, 6.45) is 12.3. The second-order valence-corrected chi connectivity index (χ2v) is 13.7. The highest BCUT2D eigenvalue weighted by Crippen LogP contribution is 2.35. The van der Waals surface area contributed by atoms with Crippen LogP contribution in [0.25, 0.3) is 11.1 Å². The number of phenolic OH excluding ortho intramolecular Hbond substituents is 1. The molecular weight excluding hydrogens is 591 g/mol. The Balaban J connectivity index is 1.45. The SMILES string of the molecule is CCCCCS(=O)CCCCCCCCCN(CCOc1ccc(/C(=C(/CC)c2ccccc2)c2ccc(O)cc2)cc1)C(C)=O. The molecule has 0 saturated carbocycles. The molecule has 6 heteroatoms. The van der Waals surface area contributed by atoms with Gasteiger partial charge in [-0.2, -0.15) is 0 Å². The maximum atomic E-state index is 12.3. The quantitative estimate of drug-likeness (QED) is 0.0873. The van der Waals surface area contributed by atoms with Crippen molar-refractivity contribution >= 4 is 27.9 Å². The minimum absolute atomic E-state index is 0.0857. The van der Waals surface area contributed by atoms with Gasteiger partial charge in [0.05, 0.1) is 6.54 Å². The van der Waals surface area contributed by atoms with Crippen molar-refractivity contribution in [2.45, 2.75) is 91.4 Å². The second kappa shape index (κ2) is 21.4. The summed E-state index contributed by atoms with van der Waals surface area (Å²) >= 11 is 0. The molecule has 46 heavy (non-hydrogen) atoms. The molecule has 0 bridgehead atoms. The summed E-state index contributed by atoms with van der Waals surface area (Å²) < 4.78 is 18.1. The number of carbonyl (C=O) groups excluding carboxylic acids is 1. The van der Waals surface area contributed by atoms with E-state index in [4.69, 9.17) is 4.74 Å². The molecule has 1 atom stereocenters. The first kappa shape index (κ1) is 37.1. The average molecular weight is 646 g/mol. The molecule has 0 aliphatic rings. The summed E-state index contributed by atoms with van der Waals surface area (Å²) in [4.78, 5) is 14.2. The average Bonchev–Trinajstić information content (AvgIpc) is 3.07. The molecule has 1 N–H and O–H groups in total. The zero-order chi connectivity index (χ0) is 33.0. The third-order valence-corrected chi connectivity index (χ3v) is 9.92. The molecule has 0 heterocycles. The molecule has 0 spiro atoms. The number of carbonyl (C=O) groups is 1. The van der Waals surface area contributed by atoms with Gasteiger partial charge in [-0.15, -0.1) is 0 Å². The van der Waals surface area contributed by atoms with E-state index < -0.39 is 10.8 Å². The Labute approximate surface area is 280 Å². The molecule has 250 valence electrons. The first-order chi connectivity index (χ1) is 22.4. The van der Waals surface area contributed by atoms with Gasteiger partial charge in [0.25, 0.3) is 0 Å². The van der Waals surface area contributed by atoms with Crippen molar-refractivity contribution in [1.29, 1.82) is 0 Å². The predicted molar refractivity (Wildman–Crippen MR) is 195 cm³/mol. The van der Waals surface area contributed by atoms with E-state index in [0.717, 1.165) is 72.6 Å². The van der Waals surface area contributed by atoms with Crippen LogP contribution >= 0.6 is 0 Å². The first-order valence-corrected chi connectivity index (χ1v) is 18.8. The van der Waals surface area contributed by atoms with Crippen molar-refractivity contribution in [3.63, 3.8) is 0 Å². The normalized spacial score (nSPS) is 12.4. The van der Waals surface area contributed by atoms with Crippen molar-refractivity contribution in [2.24, 2.45) is 0 Å². The smallest absolute Gasteiger partial charge is 0.219 e. The Hall–Kier alpha value is -3.38. The number of allylic oxidation sites excluding steroid dienone is 1. The minimum Gasteiger partial charge on any atom is -0.508 e. The Bertz CT molecular complexity index is 1340. The van der Waals surface area contributed by atoms with Gasteiger partial charge in [0, 0.05) is 35.8 Å². The van der Waals surface area contributed by atoms with Crippen molar-refractivity contribution in [3.8, 4) is 11.5 Å². The molecular formula is C40H55NO4S. The van der Waals surface area contributed by atoms with Crippen LogP contribution in [0.15, 0.2) is 78.9 Å². The van der Waals surface area contributed by atoms with Crippen molar-refractivity contribution in [1.82, 2.24) is 4.90 Å². The molecule has 5 nitrogen and oxygen atoms in total. The molecule has 0 aliphatic carbocycles. The number of aromatic hydroxyl groups is 1. The lowest BCUT2D eigenvalue weighted by molar-refractivity contribution is -0.129. The number of unbranched alkanes of at least 4 members (excludes halogenated alkanes) is 8. The van der Waals surface area contributed by atoms with Crippen molar-refractivity contribution in [2.75, 3.05) is 31.2 Å². The van der Waals surface area contributed by atoms with Gasteiger partial charge in [-0.25, -0.2) is 0 Å². The monoisotopic (exact) mass is 645 g/mol. The predicted octanol–water partition coefficient (Wildman–Crippen LogP) is 9.66. The molecule has 1 amide bonds. The maximum absolute atomic E-state index is 12.3. The van der Waals surface area contributed by atoms with E-state index in [9.17, 15) is 14.1 Å². The van der Waals surface area contributed by atoms with Gasteiger partial charge in [0.1, 0.15) is 18.1 Å². The van der Waals surface area contributed by atoms with Crippen LogP contribution in [0.2, 0.25) is 0 Å². The number of benzene rings is 3. The number of rotatable bonds is 22. The Kier molecular flexibility index (Phi) is 17.3. The van der Waals surface area contributed by atoms with Crippen LogP contribution in [0.4, 0.5) is 0 Å². The van der Waals surface area contributed by atoms with Crippen LogP contribution in [-0.2, 0) is 15.6 Å². The summed E-state index contributed by atoms with van der Waals surface area (Å²) in [5.41, 5.74) is 5.69. The van der Waals surface area contributed by atoms with E-state index in [-0.39, 0.29) is 11.7 Å². The zero-order valence-corrected chi connectivity index (χ0v) is 29.2. The van der Waals surface area contributed by atoms with Gasteiger partial charge in [-0.3, -0.25) is 9.00 Å². The molecule has 0 saturated heterocycles. The van der Waals surface area contributed by atoms with Crippen LogP contribution in [0.3, 0.4) is 0 Å². The number of phenols is 1. The Morgan fingerprint density at radius 3 is 1.85 bits per heavy atom. The topological polar surface area (TPSA) is 66.8 Å². The fourth-order valence-electron chi connectivity index (χ4n) is 5.79. The highest BCUT2D eigenvalue weighted by atomic mass is 32.2. The van der Waals surface area contributed by atoms with E-state index in [2.05, 4.69) is 50.2 Å². The van der Waals surface area contributed by atoms with E-state index in [1.54, 1.807) is 19.1 Å². The lowest BCUT2D eigenvalue weighted by Gasteiger charge is -2.21. The van der Waals surface area contributed by atoms with E-state index in [0.29, 0.717) is 13.2 Å². The van der Waals surface area contributed by atoms with Crippen LogP contribution in [-0.4, -0.2) is 51.3 Å². The van der Waals surface area contributed by atoms with E-state index >= 15 is 0 Å². The molecule has 0 aliphatic heterocycles. The molecule has 0 radical (unpaired) electrons. The fraction of sp³-hybridized carbons (Fsp3) is 0.475. The molecule has 1 unspecified atom stereocenters. The zero-order valence-electron chi connectivity index (χ0n) is 28.3. The first-order valence-electron chi connectivity index (χ1n) is 17.3. The molecule has 3 rings (SSSR count). The van der Waals surface area contributed by atoms with Crippen LogP contribution in [0.5, 0.6) is 11.5 Å². The second-order valence-electron chi connectivity index (χ2n) is 12.0. The van der Waals surface area contributed by atoms with Crippen LogP contribution in [0.1, 0.15) is 108 Å². The van der Waals surface area contributed by atoms with Gasteiger partial charge in [-0.05, 0) is 77.8 Å². The van der Waals surface area contributed by atoms with Gasteiger partial charge < -0.3 is 14.7 Å². The number of ether oxygens (including phenoxy) is 1. The summed E-state index contributed by atoms with van der Waals surface area (Å²) in [5.74, 6) is 2.84. The number of amides is 1. The number of hydrogen-bond acceptors (Lipinski definition) is 4. The lowest BCUT2D eigenvalue weighted by Crippen LogP contribution is -2.33. The highest BCUT2D eigenvalue weighted by Gasteiger charge is 2.14. The van der Waals surface area contributed by atoms with Crippen molar-refractivity contribution < 1.29 is 18.8 Å². The lowest BCUT2D eigenvalue weighted by atomic mass is 9.88. The summed E-state index contributed by atoms with van der Waals surface area (Å²) in [7, 11) is -0.634. The highest BCUT2D eigenvalue weighted by molar-refractivity contribution is 7.84. The summed E-state index contributed by atoms with van der Waals surface area (Å²) in [5, 5.41) is 9.90. The van der Waals surface area contributed by atoms with Crippen LogP contribution in [0, 0.1) is 0 Å². The Morgan fingerprint density at radius 1 is 0.696 bits per heavy atom. The van der Waals surface area contributed by atoms with E-state index in [1.807, 2.05) is 35.2 Å². The summed E-state index contributed by atoms with van der Waals surface area (Å²) in [6, 6.07) is 26.0. The summed E-state index contributed by atoms with van der Waals surface area (Å²) in [6.45, 7) is 7.76. The Morgan fingerprint density at radius 2 is 1.26 bits per heavy atom. The van der Waals surface area contributed by atoms with Gasteiger partial charge in [0.15, 0.2) is 0 Å². The third kappa shape index (κ3) is 13.2. The largest absolute Gasteiger partial charge is 0.508 e. The maximum Gasteiger partial charge on any atom is 0.219 e. The van der Waals surface area contributed by atoms with E-state index in [1.165, 1.54) is 49.7 Å². The molecule has 3 aromatic rings. The number of nitrogens with zero attached hydrogens (tertiary/aromatic N) is 1. The molecule has 3 aromatic carbocycles. The fourth-order valence-corrected chi connectivity index (χ4v) is 7.05. The standard InChI is InChI=1S/C40H55NO4S/c1-4-6-16-31-46(44)32-17-11-9-7-8-10-15-28-41(33(3)42)29-30-45-38-26-22-36(23-27-38)40(35-20-24-37(43)25-21-35)39(5-2)34-18-13-12-14-19-34/h12-14,18-27,43H,4-11,15-17,28-32H2,1-3H3/b40-39-. The number of hydrogen-bond donors (Lipinski definition) is 1. The molecule has 0 fully saturated rings. The van der Waals surface area contributed by atoms with Crippen molar-refractivity contribution in [3.05, 3.63) is 95.6 Å². The van der Waals surface area contributed by atoms with Gasteiger partial charge in [0.2, 0.25) is 5.91 Å². The molecule has 0 aromatic heterocycles. The minimum atomic E-state index is -0.634. The third-order valence-electron chi connectivity index (χ3n) is 8.43. The van der Waals surface area contributed by atoms with Gasteiger partial charge in [-0.1, -0.05) is 113 Å².